The van der Waals surface area contributed by atoms with Gasteiger partial charge in [0.15, 0.2) is 0 Å². The third-order valence-corrected chi connectivity index (χ3v) is 6.59. The van der Waals surface area contributed by atoms with Crippen molar-refractivity contribution in [2.45, 2.75) is 19.9 Å². The zero-order chi connectivity index (χ0) is 24.4. The van der Waals surface area contributed by atoms with E-state index < -0.39 is 0 Å². The number of piperazine rings is 1. The van der Waals surface area contributed by atoms with Crippen LogP contribution in [0.4, 0.5) is 0 Å². The van der Waals surface area contributed by atoms with E-state index in [0.717, 1.165) is 46.4 Å². The maximum atomic E-state index is 13.4. The number of nitrogens with one attached hydrogen (secondary N) is 1. The molecule has 1 fully saturated rings. The Morgan fingerprint density at radius 2 is 1.89 bits per heavy atom. The molecular formula is C28H29N5O2. The lowest BCUT2D eigenvalue weighted by molar-refractivity contribution is 0.0684. The Hall–Kier alpha value is -3.84. The van der Waals surface area contributed by atoms with E-state index in [1.807, 2.05) is 53.4 Å². The number of fused-ring (bicyclic) bond motifs is 1. The van der Waals surface area contributed by atoms with Crippen LogP contribution in [-0.4, -0.2) is 58.5 Å². The second kappa shape index (κ2) is 9.80. The number of methoxy groups -OCH3 is 1. The monoisotopic (exact) mass is 467 g/mol. The Morgan fingerprint density at radius 1 is 1.03 bits per heavy atom. The fourth-order valence-electron chi connectivity index (χ4n) is 4.53. The van der Waals surface area contributed by atoms with Crippen LogP contribution in [0.3, 0.4) is 0 Å². The highest BCUT2D eigenvalue weighted by molar-refractivity contribution is 5.98. The first kappa shape index (κ1) is 22.9. The maximum absolute atomic E-state index is 13.4. The Kier molecular flexibility index (Phi) is 6.42. The zero-order valence-corrected chi connectivity index (χ0v) is 20.2. The molecule has 7 heteroatoms. The van der Waals surface area contributed by atoms with Gasteiger partial charge in [-0.15, -0.1) is 0 Å². The van der Waals surface area contributed by atoms with Crippen molar-refractivity contribution < 1.29 is 9.53 Å². The van der Waals surface area contributed by atoms with Crippen LogP contribution in [0.25, 0.3) is 33.3 Å². The van der Waals surface area contributed by atoms with Gasteiger partial charge in [0, 0.05) is 60.0 Å². The van der Waals surface area contributed by atoms with E-state index in [1.165, 1.54) is 0 Å². The molecule has 1 aliphatic heterocycles. The average Bonchev–Trinajstić information content (AvgIpc) is 2.92. The van der Waals surface area contributed by atoms with Crippen molar-refractivity contribution in [3.63, 3.8) is 0 Å². The van der Waals surface area contributed by atoms with E-state index in [-0.39, 0.29) is 5.91 Å². The first-order chi connectivity index (χ1) is 17.0. The van der Waals surface area contributed by atoms with Gasteiger partial charge < -0.3 is 15.0 Å². The minimum absolute atomic E-state index is 0.0577. The summed E-state index contributed by atoms with van der Waals surface area (Å²) in [4.78, 5) is 28.7. The summed E-state index contributed by atoms with van der Waals surface area (Å²) in [6.07, 6.45) is 3.37. The predicted octanol–water partition coefficient (Wildman–Crippen LogP) is 4.44. The van der Waals surface area contributed by atoms with Crippen molar-refractivity contribution in [3.8, 4) is 28.3 Å². The van der Waals surface area contributed by atoms with E-state index in [0.29, 0.717) is 29.9 Å². The number of hydrogen-bond donors (Lipinski definition) is 1. The summed E-state index contributed by atoms with van der Waals surface area (Å²) < 4.78 is 5.18. The average molecular weight is 468 g/mol. The molecule has 1 aliphatic rings. The highest BCUT2D eigenvalue weighted by Crippen LogP contribution is 2.30. The summed E-state index contributed by atoms with van der Waals surface area (Å²) in [5, 5.41) is 4.44. The molecule has 1 unspecified atom stereocenters. The lowest BCUT2D eigenvalue weighted by Crippen LogP contribution is -2.54. The van der Waals surface area contributed by atoms with Crippen molar-refractivity contribution in [3.05, 3.63) is 72.7 Å². The van der Waals surface area contributed by atoms with Crippen LogP contribution in [-0.2, 0) is 0 Å². The van der Waals surface area contributed by atoms with Gasteiger partial charge in [-0.25, -0.2) is 15.0 Å². The zero-order valence-electron chi connectivity index (χ0n) is 20.2. The molecule has 178 valence electrons. The van der Waals surface area contributed by atoms with Crippen LogP contribution in [0, 0.1) is 5.92 Å². The van der Waals surface area contributed by atoms with E-state index in [9.17, 15) is 4.79 Å². The third-order valence-electron chi connectivity index (χ3n) is 6.59. The van der Waals surface area contributed by atoms with Crippen LogP contribution in [0.1, 0.15) is 24.2 Å². The van der Waals surface area contributed by atoms with Gasteiger partial charge in [0.2, 0.25) is 5.88 Å². The number of nitrogens with zero attached hydrogens (tertiary/aromatic N) is 4. The van der Waals surface area contributed by atoms with E-state index in [1.54, 1.807) is 19.6 Å². The number of aromatic nitrogens is 3. The normalized spacial score (nSPS) is 16.0. The Labute approximate surface area is 205 Å². The number of carbonyl (C=O) groups is 1. The SMILES string of the molecule is COc1ccc(-c2ccc3ncnc(-c4cccc(C(=O)N5CCNC(C(C)C)C5)c4)c3c2)cn1. The van der Waals surface area contributed by atoms with Gasteiger partial charge in [-0.3, -0.25) is 4.79 Å². The molecule has 1 N–H and O–H groups in total. The second-order valence-electron chi connectivity index (χ2n) is 9.18. The molecule has 0 aliphatic carbocycles. The fourth-order valence-corrected chi connectivity index (χ4v) is 4.53. The highest BCUT2D eigenvalue weighted by atomic mass is 16.5. The summed E-state index contributed by atoms with van der Waals surface area (Å²) in [6, 6.07) is 18.0. The number of ether oxygens (including phenoxy) is 1. The number of carbonyl (C=O) groups excluding carboxylic acids is 1. The lowest BCUT2D eigenvalue weighted by atomic mass is 9.99. The molecule has 1 amide bonds. The molecule has 1 atom stereocenters. The Bertz CT molecular complexity index is 1350. The topological polar surface area (TPSA) is 80.2 Å². The summed E-state index contributed by atoms with van der Waals surface area (Å²) in [6.45, 7) is 6.61. The molecule has 3 heterocycles. The molecule has 0 radical (unpaired) electrons. The van der Waals surface area contributed by atoms with Crippen LogP contribution < -0.4 is 10.1 Å². The largest absolute Gasteiger partial charge is 0.481 e. The van der Waals surface area contributed by atoms with E-state index in [4.69, 9.17) is 4.74 Å². The maximum Gasteiger partial charge on any atom is 0.253 e. The molecule has 0 spiro atoms. The molecule has 7 nitrogen and oxygen atoms in total. The standard InChI is InChI=1S/C28H29N5O2/c1-18(2)25-16-33(12-11-29-25)28(34)21-6-4-5-20(13-21)27-23-14-19(7-9-24(23)31-17-32-27)22-8-10-26(35-3)30-15-22/h4-10,13-15,17-18,25,29H,11-12,16H2,1-3H3. The smallest absolute Gasteiger partial charge is 0.253 e. The molecule has 5 rings (SSSR count). The molecule has 0 bridgehead atoms. The lowest BCUT2D eigenvalue weighted by Gasteiger charge is -2.35. The molecule has 2 aromatic carbocycles. The van der Waals surface area contributed by atoms with E-state index >= 15 is 0 Å². The van der Waals surface area contributed by atoms with Gasteiger partial charge in [-0.05, 0) is 41.8 Å². The first-order valence-electron chi connectivity index (χ1n) is 11.9. The first-order valence-corrected chi connectivity index (χ1v) is 11.9. The van der Waals surface area contributed by atoms with Crippen molar-refractivity contribution in [1.29, 1.82) is 0 Å². The van der Waals surface area contributed by atoms with Gasteiger partial charge in [0.05, 0.1) is 18.3 Å². The second-order valence-corrected chi connectivity index (χ2v) is 9.18. The molecular weight excluding hydrogens is 438 g/mol. The van der Waals surface area contributed by atoms with Crippen molar-refractivity contribution >= 4 is 16.8 Å². The molecule has 4 aromatic rings. The summed E-state index contributed by atoms with van der Waals surface area (Å²) in [5.41, 5.74) is 5.20. The summed E-state index contributed by atoms with van der Waals surface area (Å²) in [5.74, 6) is 1.10. The van der Waals surface area contributed by atoms with Gasteiger partial charge in [-0.2, -0.15) is 0 Å². The number of amides is 1. The van der Waals surface area contributed by atoms with Crippen LogP contribution >= 0.6 is 0 Å². The fraction of sp³-hybridized carbons (Fsp3) is 0.286. The van der Waals surface area contributed by atoms with Crippen molar-refractivity contribution in [2.75, 3.05) is 26.7 Å². The summed E-state index contributed by atoms with van der Waals surface area (Å²) >= 11 is 0. The Morgan fingerprint density at radius 3 is 2.66 bits per heavy atom. The number of rotatable bonds is 5. The quantitative estimate of drug-likeness (QED) is 0.468. The minimum atomic E-state index is 0.0577. The van der Waals surface area contributed by atoms with Crippen LogP contribution in [0.5, 0.6) is 5.88 Å². The van der Waals surface area contributed by atoms with Gasteiger partial charge >= 0.3 is 0 Å². The molecule has 35 heavy (non-hydrogen) atoms. The number of pyridine rings is 1. The van der Waals surface area contributed by atoms with Crippen LogP contribution in [0.2, 0.25) is 0 Å². The highest BCUT2D eigenvalue weighted by Gasteiger charge is 2.26. The minimum Gasteiger partial charge on any atom is -0.481 e. The van der Waals surface area contributed by atoms with Gasteiger partial charge in [-0.1, -0.05) is 32.0 Å². The summed E-state index contributed by atoms with van der Waals surface area (Å²) in [7, 11) is 1.60. The molecule has 1 saturated heterocycles. The number of hydrogen-bond acceptors (Lipinski definition) is 6. The van der Waals surface area contributed by atoms with Gasteiger partial charge in [0.1, 0.15) is 6.33 Å². The Balaban J connectivity index is 1.49. The van der Waals surface area contributed by atoms with Crippen molar-refractivity contribution in [2.24, 2.45) is 5.92 Å². The third kappa shape index (κ3) is 4.72. The van der Waals surface area contributed by atoms with Gasteiger partial charge in [0.25, 0.3) is 5.91 Å². The van der Waals surface area contributed by atoms with Crippen molar-refractivity contribution in [1.82, 2.24) is 25.2 Å². The van der Waals surface area contributed by atoms with E-state index in [2.05, 4.69) is 40.2 Å². The van der Waals surface area contributed by atoms with Crippen LogP contribution in [0.15, 0.2) is 67.1 Å². The predicted molar refractivity (Wildman–Crippen MR) is 137 cm³/mol. The molecule has 0 saturated carbocycles. The molecule has 2 aromatic heterocycles. The number of benzene rings is 2.